The standard InChI is InChI=1S/C24H32ClN3O3/c1-15(2)13-20(28-23(30)16-9-5-6-10-17(16)24(28)31)22(29)26-14-21(27(3)4)18-11-7-8-12-19(18)25/h5-8,11-12,15-17,20-21H,9-10,13-14H2,1-4H3,(H,26,29). The largest absolute Gasteiger partial charge is 0.352 e. The van der Waals surface area contributed by atoms with E-state index in [1.54, 1.807) is 0 Å². The monoisotopic (exact) mass is 445 g/mol. The summed E-state index contributed by atoms with van der Waals surface area (Å²) in [5.74, 6) is -1.23. The Balaban J connectivity index is 1.78. The molecule has 1 aromatic rings. The van der Waals surface area contributed by atoms with Crippen molar-refractivity contribution in [3.63, 3.8) is 0 Å². The van der Waals surface area contributed by atoms with Crippen LogP contribution >= 0.6 is 11.6 Å². The third-order valence-electron chi connectivity index (χ3n) is 6.21. The van der Waals surface area contributed by atoms with Crippen LogP contribution in [0, 0.1) is 17.8 Å². The first-order chi connectivity index (χ1) is 14.7. The molecule has 168 valence electrons. The van der Waals surface area contributed by atoms with E-state index in [0.717, 1.165) is 5.56 Å². The first-order valence-electron chi connectivity index (χ1n) is 10.9. The van der Waals surface area contributed by atoms with Crippen molar-refractivity contribution in [2.75, 3.05) is 20.6 Å². The van der Waals surface area contributed by atoms with E-state index in [0.29, 0.717) is 30.8 Å². The van der Waals surface area contributed by atoms with Gasteiger partial charge in [0.05, 0.1) is 17.9 Å². The molecule has 1 heterocycles. The molecule has 0 bridgehead atoms. The van der Waals surface area contributed by atoms with Crippen molar-refractivity contribution in [3.05, 3.63) is 47.0 Å². The van der Waals surface area contributed by atoms with Gasteiger partial charge >= 0.3 is 0 Å². The second kappa shape index (κ2) is 9.96. The summed E-state index contributed by atoms with van der Waals surface area (Å²) in [6, 6.07) is 6.63. The van der Waals surface area contributed by atoms with Gasteiger partial charge < -0.3 is 10.2 Å². The maximum absolute atomic E-state index is 13.3. The van der Waals surface area contributed by atoms with Crippen molar-refractivity contribution in [2.45, 2.75) is 45.2 Å². The first-order valence-corrected chi connectivity index (χ1v) is 11.3. The third-order valence-corrected chi connectivity index (χ3v) is 6.55. The SMILES string of the molecule is CC(C)CC(C(=O)NCC(c1ccccc1Cl)N(C)C)N1C(=O)C2CC=CCC2C1=O. The maximum Gasteiger partial charge on any atom is 0.243 e. The number of allylic oxidation sites excluding steroid dienone is 2. The highest BCUT2D eigenvalue weighted by atomic mass is 35.5. The molecular weight excluding hydrogens is 414 g/mol. The van der Waals surface area contributed by atoms with Crippen LogP contribution in [0.25, 0.3) is 0 Å². The summed E-state index contributed by atoms with van der Waals surface area (Å²) in [5.41, 5.74) is 0.917. The molecule has 3 amide bonds. The zero-order valence-corrected chi connectivity index (χ0v) is 19.4. The predicted octanol–water partition coefficient (Wildman–Crippen LogP) is 3.42. The van der Waals surface area contributed by atoms with E-state index in [1.165, 1.54) is 4.90 Å². The van der Waals surface area contributed by atoms with Crippen molar-refractivity contribution >= 4 is 29.3 Å². The fraction of sp³-hybridized carbons (Fsp3) is 0.542. The molecule has 4 atom stereocenters. The van der Waals surface area contributed by atoms with E-state index in [4.69, 9.17) is 11.6 Å². The fourth-order valence-corrected chi connectivity index (χ4v) is 4.80. The zero-order valence-electron chi connectivity index (χ0n) is 18.7. The van der Waals surface area contributed by atoms with Crippen LogP contribution < -0.4 is 5.32 Å². The van der Waals surface area contributed by atoms with Crippen molar-refractivity contribution < 1.29 is 14.4 Å². The van der Waals surface area contributed by atoms with Gasteiger partial charge in [-0.05, 0) is 50.9 Å². The average Bonchev–Trinajstić information content (AvgIpc) is 2.98. The maximum atomic E-state index is 13.3. The van der Waals surface area contributed by atoms with Gasteiger partial charge in [0.1, 0.15) is 6.04 Å². The summed E-state index contributed by atoms with van der Waals surface area (Å²) >= 11 is 6.38. The Labute approximate surface area is 189 Å². The molecule has 1 aliphatic carbocycles. The molecule has 0 radical (unpaired) electrons. The van der Waals surface area contributed by atoms with E-state index >= 15 is 0 Å². The number of likely N-dealkylation sites (tertiary alicyclic amines) is 1. The van der Waals surface area contributed by atoms with Crippen LogP contribution in [-0.4, -0.2) is 54.2 Å². The van der Waals surface area contributed by atoms with Crippen molar-refractivity contribution in [3.8, 4) is 0 Å². The van der Waals surface area contributed by atoms with Gasteiger partial charge in [-0.25, -0.2) is 0 Å². The van der Waals surface area contributed by atoms with Crippen molar-refractivity contribution in [1.29, 1.82) is 0 Å². The number of carbonyl (C=O) groups is 3. The fourth-order valence-electron chi connectivity index (χ4n) is 4.54. The number of carbonyl (C=O) groups excluding carboxylic acids is 3. The molecule has 1 saturated heterocycles. The molecule has 1 N–H and O–H groups in total. The number of rotatable bonds is 8. The molecule has 2 aliphatic rings. The lowest BCUT2D eigenvalue weighted by Gasteiger charge is -2.30. The number of amides is 3. The topological polar surface area (TPSA) is 69.7 Å². The van der Waals surface area contributed by atoms with Gasteiger partial charge in [0, 0.05) is 11.6 Å². The summed E-state index contributed by atoms with van der Waals surface area (Å²) in [4.78, 5) is 42.6. The van der Waals surface area contributed by atoms with Crippen LogP contribution in [0.4, 0.5) is 0 Å². The van der Waals surface area contributed by atoms with E-state index in [9.17, 15) is 14.4 Å². The summed E-state index contributed by atoms with van der Waals surface area (Å²) < 4.78 is 0. The van der Waals surface area contributed by atoms with Crippen LogP contribution in [0.2, 0.25) is 5.02 Å². The molecule has 7 heteroatoms. The molecule has 4 unspecified atom stereocenters. The summed E-state index contributed by atoms with van der Waals surface area (Å²) in [6.45, 7) is 4.31. The highest BCUT2D eigenvalue weighted by molar-refractivity contribution is 6.31. The Hall–Kier alpha value is -2.18. The number of hydrogen-bond donors (Lipinski definition) is 1. The summed E-state index contributed by atoms with van der Waals surface area (Å²) in [7, 11) is 3.86. The zero-order chi connectivity index (χ0) is 22.7. The minimum atomic E-state index is -0.792. The molecule has 0 aromatic heterocycles. The molecule has 1 aromatic carbocycles. The average molecular weight is 446 g/mol. The van der Waals surface area contributed by atoms with Gasteiger partial charge in [0.2, 0.25) is 17.7 Å². The smallest absolute Gasteiger partial charge is 0.243 e. The van der Waals surface area contributed by atoms with Crippen LogP contribution in [-0.2, 0) is 14.4 Å². The minimum absolute atomic E-state index is 0.130. The van der Waals surface area contributed by atoms with Gasteiger partial charge in [-0.3, -0.25) is 19.3 Å². The van der Waals surface area contributed by atoms with Gasteiger partial charge in [-0.15, -0.1) is 0 Å². The molecule has 6 nitrogen and oxygen atoms in total. The number of fused-ring (bicyclic) bond motifs is 1. The summed E-state index contributed by atoms with van der Waals surface area (Å²) in [5, 5.41) is 3.63. The molecule has 31 heavy (non-hydrogen) atoms. The van der Waals surface area contributed by atoms with Gasteiger partial charge in [0.25, 0.3) is 0 Å². The van der Waals surface area contributed by atoms with Gasteiger partial charge in [-0.2, -0.15) is 0 Å². The number of likely N-dealkylation sites (N-methyl/N-ethyl adjacent to an activating group) is 1. The minimum Gasteiger partial charge on any atom is -0.352 e. The van der Waals surface area contributed by atoms with E-state index < -0.39 is 6.04 Å². The van der Waals surface area contributed by atoms with E-state index in [-0.39, 0.29) is 41.5 Å². The van der Waals surface area contributed by atoms with Crippen LogP contribution in [0.3, 0.4) is 0 Å². The molecule has 1 aliphatic heterocycles. The van der Waals surface area contributed by atoms with Gasteiger partial charge in [0.15, 0.2) is 0 Å². The van der Waals surface area contributed by atoms with Gasteiger partial charge in [-0.1, -0.05) is 55.8 Å². The van der Waals surface area contributed by atoms with Crippen LogP contribution in [0.1, 0.15) is 44.7 Å². The molecule has 3 rings (SSSR count). The summed E-state index contributed by atoms with van der Waals surface area (Å²) in [6.07, 6.45) is 5.49. The quantitative estimate of drug-likeness (QED) is 0.491. The normalized spacial score (nSPS) is 22.7. The number of benzene rings is 1. The highest BCUT2D eigenvalue weighted by Crippen LogP contribution is 2.37. The molecular formula is C24H32ClN3O3. The molecule has 0 spiro atoms. The second-order valence-corrected chi connectivity index (χ2v) is 9.50. The number of imide groups is 1. The van der Waals surface area contributed by atoms with Crippen molar-refractivity contribution in [1.82, 2.24) is 15.1 Å². The lowest BCUT2D eigenvalue weighted by molar-refractivity contribution is -0.148. The molecule has 0 saturated carbocycles. The Morgan fingerprint density at radius 1 is 1.13 bits per heavy atom. The number of nitrogens with one attached hydrogen (secondary N) is 1. The second-order valence-electron chi connectivity index (χ2n) is 9.09. The van der Waals surface area contributed by atoms with Crippen LogP contribution in [0.15, 0.2) is 36.4 Å². The Kier molecular flexibility index (Phi) is 7.55. The lowest BCUT2D eigenvalue weighted by atomic mass is 9.85. The highest BCUT2D eigenvalue weighted by Gasteiger charge is 2.51. The Bertz CT molecular complexity index is 841. The Morgan fingerprint density at radius 3 is 2.23 bits per heavy atom. The van der Waals surface area contributed by atoms with E-state index in [1.807, 2.05) is 69.3 Å². The third kappa shape index (κ3) is 5.01. The first kappa shape index (κ1) is 23.5. The van der Waals surface area contributed by atoms with Crippen molar-refractivity contribution in [2.24, 2.45) is 17.8 Å². The predicted molar refractivity (Wildman–Crippen MR) is 121 cm³/mol. The van der Waals surface area contributed by atoms with E-state index in [2.05, 4.69) is 5.32 Å². The number of hydrogen-bond acceptors (Lipinski definition) is 4. The lowest BCUT2D eigenvalue weighted by Crippen LogP contribution is -2.51. The number of nitrogens with zero attached hydrogens (tertiary/aromatic N) is 2. The molecule has 1 fully saturated rings. The Morgan fingerprint density at radius 2 is 1.71 bits per heavy atom. The number of halogens is 1. The van der Waals surface area contributed by atoms with Crippen LogP contribution in [0.5, 0.6) is 0 Å².